The number of rotatable bonds is 3. The van der Waals surface area contributed by atoms with Gasteiger partial charge in [-0.2, -0.15) is 0 Å². The van der Waals surface area contributed by atoms with Crippen molar-refractivity contribution in [1.82, 2.24) is 0 Å². The molecule has 92 valence electrons. The lowest BCUT2D eigenvalue weighted by Gasteiger charge is -2.33. The van der Waals surface area contributed by atoms with E-state index in [1.807, 2.05) is 0 Å². The van der Waals surface area contributed by atoms with Gasteiger partial charge in [0.1, 0.15) is 0 Å². The molecule has 0 saturated heterocycles. The molecule has 0 bridgehead atoms. The van der Waals surface area contributed by atoms with Gasteiger partial charge in [0.2, 0.25) is 0 Å². The van der Waals surface area contributed by atoms with Crippen LogP contribution in [0.15, 0.2) is 10.8 Å². The zero-order chi connectivity index (χ0) is 13.3. The molecule has 0 saturated carbocycles. The molecule has 0 aromatic heterocycles. The molecule has 0 aromatic carbocycles. The average Bonchev–Trinajstić information content (AvgIpc) is 1.92. The second-order valence-corrected chi connectivity index (χ2v) is 10.8. The van der Waals surface area contributed by atoms with Gasteiger partial charge in [-0.15, -0.1) is 0 Å². The lowest BCUT2D eigenvalue weighted by molar-refractivity contribution is -0.304. The zero-order valence-corrected chi connectivity index (χ0v) is 11.6. The molecule has 0 rings (SSSR count). The highest BCUT2D eigenvalue weighted by molar-refractivity contribution is 6.87. The summed E-state index contributed by atoms with van der Waals surface area (Å²) in [6, 6.07) is 0. The minimum Gasteiger partial charge on any atom is -0.546 e. The van der Waals surface area contributed by atoms with E-state index < -0.39 is 25.4 Å². The molecule has 0 aliphatic rings. The molecular weight excluding hydrogens is 224 g/mol. The topological polar surface area (TPSA) is 80.3 Å². The Balaban J connectivity index is 6.09. The molecule has 0 atom stereocenters. The Kier molecular flexibility index (Phi) is 4.10. The van der Waals surface area contributed by atoms with Crippen LogP contribution in [0.3, 0.4) is 0 Å². The van der Waals surface area contributed by atoms with E-state index >= 15 is 0 Å². The number of carbonyl (C=O) groups excluding carboxylic acids is 2. The first-order valence-corrected chi connectivity index (χ1v) is 8.57. The van der Waals surface area contributed by atoms with E-state index in [9.17, 15) is 19.8 Å². The van der Waals surface area contributed by atoms with Crippen molar-refractivity contribution in [3.8, 4) is 0 Å². The molecule has 0 amide bonds. The van der Waals surface area contributed by atoms with Crippen LogP contribution in [0.5, 0.6) is 0 Å². The second-order valence-electron chi connectivity index (χ2n) is 5.82. The van der Waals surface area contributed by atoms with Gasteiger partial charge in [-0.3, -0.25) is 0 Å². The van der Waals surface area contributed by atoms with Crippen molar-refractivity contribution >= 4 is 20.0 Å². The minimum atomic E-state index is -2.29. The number of carboxylic acids is 2. The number of hydrogen-bond donors (Lipinski definition) is 0. The maximum atomic E-state index is 11.1. The van der Waals surface area contributed by atoms with Gasteiger partial charge < -0.3 is 19.8 Å². The van der Waals surface area contributed by atoms with Crippen molar-refractivity contribution < 1.29 is 19.8 Å². The van der Waals surface area contributed by atoms with Crippen molar-refractivity contribution in [3.63, 3.8) is 0 Å². The van der Waals surface area contributed by atoms with E-state index in [1.54, 1.807) is 40.4 Å². The van der Waals surface area contributed by atoms with Crippen LogP contribution in [0, 0.1) is 5.41 Å². The van der Waals surface area contributed by atoms with Gasteiger partial charge in [0.25, 0.3) is 0 Å². The Morgan fingerprint density at radius 3 is 1.38 bits per heavy atom. The fraction of sp³-hybridized carbons (Fsp3) is 0.636. The standard InChI is InChI=1S/C11H20O4Si/c1-11(2,3)7(9(12)13)8(10(14)15)16(4,5)6/h1-6H3,(H,12,13)(H,14,15)/p-2/b8-7+. The smallest absolute Gasteiger partial charge is 0.0804 e. The van der Waals surface area contributed by atoms with Crippen molar-refractivity contribution in [2.45, 2.75) is 40.4 Å². The van der Waals surface area contributed by atoms with Crippen molar-refractivity contribution in [2.24, 2.45) is 5.41 Å². The van der Waals surface area contributed by atoms with E-state index in [4.69, 9.17) is 0 Å². The molecule has 0 N–H and O–H groups in total. The molecule has 5 heteroatoms. The zero-order valence-electron chi connectivity index (χ0n) is 10.6. The number of carbonyl (C=O) groups is 2. The molecule has 4 nitrogen and oxygen atoms in total. The summed E-state index contributed by atoms with van der Waals surface area (Å²) in [5.74, 6) is -2.82. The lowest BCUT2D eigenvalue weighted by atomic mass is 9.86. The van der Waals surface area contributed by atoms with Crippen LogP contribution >= 0.6 is 0 Å². The average molecular weight is 242 g/mol. The third kappa shape index (κ3) is 3.48. The Hall–Kier alpha value is -1.10. The lowest BCUT2D eigenvalue weighted by Crippen LogP contribution is -2.44. The summed E-state index contributed by atoms with van der Waals surface area (Å²) in [6.07, 6.45) is 0. The normalized spacial score (nSPS) is 14.4. The number of carboxylic acid groups (broad SMARTS) is 2. The molecular formula is C11H18O4Si-2. The Morgan fingerprint density at radius 2 is 1.31 bits per heavy atom. The van der Waals surface area contributed by atoms with Crippen molar-refractivity contribution in [1.29, 1.82) is 0 Å². The molecule has 0 radical (unpaired) electrons. The van der Waals surface area contributed by atoms with Gasteiger partial charge in [-0.25, -0.2) is 0 Å². The number of aliphatic carboxylic acids is 2. The predicted molar refractivity (Wildman–Crippen MR) is 59.8 cm³/mol. The molecule has 0 aliphatic heterocycles. The number of hydrogen-bond acceptors (Lipinski definition) is 4. The first-order chi connectivity index (χ1) is 6.89. The van der Waals surface area contributed by atoms with E-state index in [0.717, 1.165) is 0 Å². The van der Waals surface area contributed by atoms with Crippen LogP contribution in [-0.2, 0) is 9.59 Å². The summed E-state index contributed by atoms with van der Waals surface area (Å²) in [4.78, 5) is 22.2. The maximum Gasteiger partial charge on any atom is 0.0804 e. The van der Waals surface area contributed by atoms with E-state index in [-0.39, 0.29) is 10.8 Å². The third-order valence-corrected chi connectivity index (χ3v) is 4.11. The summed E-state index contributed by atoms with van der Waals surface area (Å²) in [6.45, 7) is 10.3. The highest BCUT2D eigenvalue weighted by Crippen LogP contribution is 2.31. The monoisotopic (exact) mass is 242 g/mol. The first kappa shape index (κ1) is 14.9. The summed E-state index contributed by atoms with van der Waals surface area (Å²) >= 11 is 0. The molecule has 0 aliphatic carbocycles. The maximum absolute atomic E-state index is 11.1. The van der Waals surface area contributed by atoms with E-state index in [0.29, 0.717) is 0 Å². The first-order valence-electron chi connectivity index (χ1n) is 5.07. The van der Waals surface area contributed by atoms with E-state index in [1.165, 1.54) is 0 Å². The summed E-state index contributed by atoms with van der Waals surface area (Å²) in [5.41, 5.74) is -0.916. The van der Waals surface area contributed by atoms with Crippen molar-refractivity contribution in [3.05, 3.63) is 10.8 Å². The molecule has 0 heterocycles. The summed E-state index contributed by atoms with van der Waals surface area (Å²) in [7, 11) is -2.29. The van der Waals surface area contributed by atoms with Gasteiger partial charge in [0.05, 0.1) is 20.0 Å². The molecule has 0 aromatic rings. The Labute approximate surface area is 97.0 Å². The highest BCUT2D eigenvalue weighted by Gasteiger charge is 2.30. The SMILES string of the molecule is CC(C)(C)/C(C(=O)[O-])=C(\C(=O)[O-])[Si](C)(C)C. The van der Waals surface area contributed by atoms with Gasteiger partial charge in [-0.05, 0) is 16.2 Å². The second kappa shape index (κ2) is 4.41. The fourth-order valence-corrected chi connectivity index (χ4v) is 3.41. The summed E-state index contributed by atoms with van der Waals surface area (Å²) < 4.78 is 0. The largest absolute Gasteiger partial charge is 0.546 e. The van der Waals surface area contributed by atoms with E-state index in [2.05, 4.69) is 0 Å². The van der Waals surface area contributed by atoms with Gasteiger partial charge in [-0.1, -0.05) is 40.4 Å². The quantitative estimate of drug-likeness (QED) is 0.503. The fourth-order valence-electron chi connectivity index (χ4n) is 1.57. The minimum absolute atomic E-state index is 0.0694. The van der Waals surface area contributed by atoms with Gasteiger partial charge in [0, 0.05) is 0 Å². The summed E-state index contributed by atoms with van der Waals surface area (Å²) in [5, 5.41) is 22.1. The molecule has 0 fully saturated rings. The van der Waals surface area contributed by atoms with Crippen LogP contribution in [0.4, 0.5) is 0 Å². The van der Waals surface area contributed by atoms with Crippen LogP contribution in [0.1, 0.15) is 20.8 Å². The van der Waals surface area contributed by atoms with Gasteiger partial charge >= 0.3 is 0 Å². The van der Waals surface area contributed by atoms with Gasteiger partial charge in [0.15, 0.2) is 0 Å². The Morgan fingerprint density at radius 1 is 0.938 bits per heavy atom. The third-order valence-electron chi connectivity index (χ3n) is 2.16. The molecule has 16 heavy (non-hydrogen) atoms. The molecule has 0 unspecified atom stereocenters. The van der Waals surface area contributed by atoms with Crippen LogP contribution < -0.4 is 10.2 Å². The molecule has 0 spiro atoms. The van der Waals surface area contributed by atoms with Crippen molar-refractivity contribution in [2.75, 3.05) is 0 Å². The highest BCUT2D eigenvalue weighted by atomic mass is 28.3. The predicted octanol–water partition coefficient (Wildman–Crippen LogP) is -0.294. The van der Waals surface area contributed by atoms with Crippen LogP contribution in [0.25, 0.3) is 0 Å². The van der Waals surface area contributed by atoms with Crippen LogP contribution in [0.2, 0.25) is 19.6 Å². The van der Waals surface area contributed by atoms with Crippen LogP contribution in [-0.4, -0.2) is 20.0 Å². The Bertz CT molecular complexity index is 308.